The highest BCUT2D eigenvalue weighted by molar-refractivity contribution is 7.90. The van der Waals surface area contributed by atoms with Gasteiger partial charge in [-0.15, -0.1) is 0 Å². The van der Waals surface area contributed by atoms with Crippen molar-refractivity contribution in [1.29, 1.82) is 0 Å². The molecule has 0 saturated carbocycles. The van der Waals surface area contributed by atoms with Crippen LogP contribution in [0.1, 0.15) is 30.7 Å². The molecule has 1 aromatic heterocycles. The molecule has 1 aromatic carbocycles. The van der Waals surface area contributed by atoms with Crippen molar-refractivity contribution in [2.24, 2.45) is 5.92 Å². The highest BCUT2D eigenvalue weighted by Gasteiger charge is 2.33. The van der Waals surface area contributed by atoms with Gasteiger partial charge in [-0.1, -0.05) is 11.6 Å². The van der Waals surface area contributed by atoms with Crippen LogP contribution >= 0.6 is 11.6 Å². The Balaban J connectivity index is 1.32. The molecule has 31 heavy (non-hydrogen) atoms. The molecule has 0 bridgehead atoms. The Bertz CT molecular complexity index is 1110. The first-order valence-electron chi connectivity index (χ1n) is 9.96. The van der Waals surface area contributed by atoms with Crippen molar-refractivity contribution < 1.29 is 22.7 Å². The van der Waals surface area contributed by atoms with Gasteiger partial charge in [0.05, 0.1) is 22.9 Å². The lowest BCUT2D eigenvalue weighted by Gasteiger charge is -2.39. The van der Waals surface area contributed by atoms with Crippen LogP contribution in [0.3, 0.4) is 0 Å². The second-order valence-electron chi connectivity index (χ2n) is 8.04. The molecule has 2 fully saturated rings. The molecule has 1 amide bonds. The lowest BCUT2D eigenvalue weighted by atomic mass is 9.92. The summed E-state index contributed by atoms with van der Waals surface area (Å²) in [6.45, 7) is 1.65. The SMILES string of the molecule is CS(=O)(=O)c1ccc(-c2ncc(C3CN(C(=O)CC[C@@H]4COC(=O)C4)C3)cn2)c(Cl)c1. The second-order valence-corrected chi connectivity index (χ2v) is 10.5. The molecule has 4 rings (SSSR count). The van der Waals surface area contributed by atoms with Gasteiger partial charge in [0.2, 0.25) is 5.91 Å². The van der Waals surface area contributed by atoms with Crippen LogP contribution in [0.4, 0.5) is 0 Å². The van der Waals surface area contributed by atoms with E-state index in [1.807, 2.05) is 0 Å². The predicted octanol–water partition coefficient (Wildman–Crippen LogP) is 2.47. The van der Waals surface area contributed by atoms with E-state index >= 15 is 0 Å². The Morgan fingerprint density at radius 3 is 2.55 bits per heavy atom. The van der Waals surface area contributed by atoms with E-state index in [0.717, 1.165) is 11.8 Å². The van der Waals surface area contributed by atoms with Gasteiger partial charge in [-0.3, -0.25) is 9.59 Å². The minimum Gasteiger partial charge on any atom is -0.465 e. The fourth-order valence-corrected chi connectivity index (χ4v) is 4.70. The molecule has 2 aromatic rings. The normalized spacial score (nSPS) is 19.2. The maximum absolute atomic E-state index is 12.3. The number of nitrogens with zero attached hydrogens (tertiary/aromatic N) is 3. The molecule has 0 radical (unpaired) electrons. The first-order valence-corrected chi connectivity index (χ1v) is 12.2. The number of cyclic esters (lactones) is 1. The van der Waals surface area contributed by atoms with E-state index in [2.05, 4.69) is 9.97 Å². The summed E-state index contributed by atoms with van der Waals surface area (Å²) in [4.78, 5) is 34.1. The van der Waals surface area contributed by atoms with Gasteiger partial charge in [-0.05, 0) is 30.2 Å². The lowest BCUT2D eigenvalue weighted by Crippen LogP contribution is -2.48. The monoisotopic (exact) mass is 463 g/mol. The van der Waals surface area contributed by atoms with Crippen LogP contribution in [0.2, 0.25) is 5.02 Å². The van der Waals surface area contributed by atoms with Crippen LogP contribution in [0.15, 0.2) is 35.5 Å². The topological polar surface area (TPSA) is 107 Å². The van der Waals surface area contributed by atoms with Gasteiger partial charge < -0.3 is 9.64 Å². The van der Waals surface area contributed by atoms with E-state index in [-0.39, 0.29) is 33.6 Å². The summed E-state index contributed by atoms with van der Waals surface area (Å²) in [5, 5.41) is 0.269. The summed E-state index contributed by atoms with van der Waals surface area (Å²) >= 11 is 6.23. The zero-order valence-electron chi connectivity index (χ0n) is 17.0. The van der Waals surface area contributed by atoms with Crippen LogP contribution in [-0.2, 0) is 24.2 Å². The summed E-state index contributed by atoms with van der Waals surface area (Å²) < 4.78 is 28.2. The van der Waals surface area contributed by atoms with Crippen LogP contribution in [0.5, 0.6) is 0 Å². The minimum absolute atomic E-state index is 0.0888. The number of carbonyl (C=O) groups is 2. The first-order chi connectivity index (χ1) is 14.7. The van der Waals surface area contributed by atoms with Crippen molar-refractivity contribution in [2.45, 2.75) is 30.1 Å². The van der Waals surface area contributed by atoms with E-state index in [9.17, 15) is 18.0 Å². The maximum Gasteiger partial charge on any atom is 0.306 e. The molecule has 10 heteroatoms. The standard InChI is InChI=1S/C21H22ClN3O5S/c1-31(28,29)16-3-4-17(18(22)7-16)21-23-8-14(9-24-21)15-10-25(11-15)19(26)5-2-13-6-20(27)30-12-13/h3-4,7-9,13,15H,2,5-6,10-12H2,1H3/t13-/m0/s1. The van der Waals surface area contributed by atoms with Crippen LogP contribution in [-0.4, -0.2) is 61.1 Å². The summed E-state index contributed by atoms with van der Waals surface area (Å²) in [5.74, 6) is 0.642. The first kappa shape index (κ1) is 21.7. The summed E-state index contributed by atoms with van der Waals surface area (Å²) in [6, 6.07) is 4.48. The molecule has 164 valence electrons. The molecule has 2 aliphatic rings. The average Bonchev–Trinajstić information content (AvgIpc) is 3.10. The Morgan fingerprint density at radius 1 is 1.26 bits per heavy atom. The van der Waals surface area contributed by atoms with Crippen LogP contribution < -0.4 is 0 Å². The average molecular weight is 464 g/mol. The Kier molecular flexibility index (Phi) is 5.98. The van der Waals surface area contributed by atoms with Crippen molar-refractivity contribution in [1.82, 2.24) is 14.9 Å². The van der Waals surface area contributed by atoms with E-state index in [1.165, 1.54) is 12.1 Å². The number of aromatic nitrogens is 2. The van der Waals surface area contributed by atoms with Gasteiger partial charge >= 0.3 is 5.97 Å². The highest BCUT2D eigenvalue weighted by atomic mass is 35.5. The van der Waals surface area contributed by atoms with Crippen molar-refractivity contribution >= 4 is 33.3 Å². The largest absolute Gasteiger partial charge is 0.465 e. The fraction of sp³-hybridized carbons (Fsp3) is 0.429. The number of sulfone groups is 1. The Morgan fingerprint density at radius 2 is 1.97 bits per heavy atom. The molecule has 0 aliphatic carbocycles. The molecule has 0 unspecified atom stereocenters. The van der Waals surface area contributed by atoms with Gasteiger partial charge in [0.25, 0.3) is 0 Å². The van der Waals surface area contributed by atoms with Crippen molar-refractivity contribution in [3.05, 3.63) is 41.2 Å². The van der Waals surface area contributed by atoms with E-state index in [1.54, 1.807) is 23.4 Å². The zero-order chi connectivity index (χ0) is 22.2. The molecule has 0 spiro atoms. The molecule has 2 saturated heterocycles. The quantitative estimate of drug-likeness (QED) is 0.605. The molecule has 1 atom stereocenters. The summed E-state index contributed by atoms with van der Waals surface area (Å²) in [5.41, 5.74) is 1.49. The second kappa shape index (κ2) is 8.55. The smallest absolute Gasteiger partial charge is 0.306 e. The number of likely N-dealkylation sites (tertiary alicyclic amines) is 1. The fourth-order valence-electron chi connectivity index (χ4n) is 3.72. The van der Waals surface area contributed by atoms with Gasteiger partial charge in [0.15, 0.2) is 15.7 Å². The summed E-state index contributed by atoms with van der Waals surface area (Å²) in [6.07, 6.45) is 6.06. The predicted molar refractivity (Wildman–Crippen MR) is 113 cm³/mol. The molecule has 3 heterocycles. The third kappa shape index (κ3) is 4.88. The lowest BCUT2D eigenvalue weighted by molar-refractivity contribution is -0.138. The van der Waals surface area contributed by atoms with Gasteiger partial charge in [0, 0.05) is 55.6 Å². The van der Waals surface area contributed by atoms with E-state index in [0.29, 0.717) is 50.3 Å². The Hall–Kier alpha value is -2.52. The number of hydrogen-bond donors (Lipinski definition) is 0. The number of esters is 1. The number of rotatable bonds is 6. The third-order valence-corrected chi connectivity index (χ3v) is 7.11. The van der Waals surface area contributed by atoms with E-state index in [4.69, 9.17) is 16.3 Å². The number of ether oxygens (including phenoxy) is 1. The van der Waals surface area contributed by atoms with Crippen LogP contribution in [0.25, 0.3) is 11.4 Å². The van der Waals surface area contributed by atoms with Crippen LogP contribution in [0, 0.1) is 5.92 Å². The number of hydrogen-bond acceptors (Lipinski definition) is 7. The van der Waals surface area contributed by atoms with E-state index < -0.39 is 9.84 Å². The summed E-state index contributed by atoms with van der Waals surface area (Å²) in [7, 11) is -3.34. The van der Waals surface area contributed by atoms with Crippen molar-refractivity contribution in [3.63, 3.8) is 0 Å². The molecule has 8 nitrogen and oxygen atoms in total. The Labute approximate surface area is 185 Å². The molecule has 0 N–H and O–H groups in total. The molecule has 2 aliphatic heterocycles. The highest BCUT2D eigenvalue weighted by Crippen LogP contribution is 2.31. The number of halogens is 1. The zero-order valence-corrected chi connectivity index (χ0v) is 18.5. The van der Waals surface area contributed by atoms with Crippen molar-refractivity contribution in [2.75, 3.05) is 26.0 Å². The van der Waals surface area contributed by atoms with Crippen molar-refractivity contribution in [3.8, 4) is 11.4 Å². The third-order valence-electron chi connectivity index (χ3n) is 5.69. The van der Waals surface area contributed by atoms with Gasteiger partial charge in [0.1, 0.15) is 0 Å². The molecular weight excluding hydrogens is 442 g/mol. The number of amides is 1. The number of benzene rings is 1. The maximum atomic E-state index is 12.3. The van der Waals surface area contributed by atoms with Gasteiger partial charge in [-0.25, -0.2) is 18.4 Å². The minimum atomic E-state index is -3.34. The van der Waals surface area contributed by atoms with Gasteiger partial charge in [-0.2, -0.15) is 0 Å². The number of carbonyl (C=O) groups excluding carboxylic acids is 2. The molecular formula is C21H22ClN3O5S.